The van der Waals surface area contributed by atoms with E-state index in [9.17, 15) is 0 Å². The average Bonchev–Trinajstić information content (AvgIpc) is 1.91. The molecule has 0 saturated carbocycles. The van der Waals surface area contributed by atoms with Gasteiger partial charge in [0, 0.05) is 12.6 Å². The minimum Gasteiger partial charge on any atom is -0.307 e. The maximum absolute atomic E-state index is 3.69. The summed E-state index contributed by atoms with van der Waals surface area (Å²) < 4.78 is 0. The van der Waals surface area contributed by atoms with E-state index in [1.165, 1.54) is 0 Å². The Labute approximate surface area is 57.5 Å². The Bertz CT molecular complexity index is 86.6. The third kappa shape index (κ3) is 3.98. The highest BCUT2D eigenvalue weighted by atomic mass is 14.9. The van der Waals surface area contributed by atoms with Gasteiger partial charge in [-0.15, -0.1) is 13.2 Å². The van der Waals surface area contributed by atoms with Gasteiger partial charge in [-0.1, -0.05) is 19.1 Å². The molecule has 0 aliphatic heterocycles. The first kappa shape index (κ1) is 8.44. The Kier molecular flexibility index (Phi) is 5.23. The molecule has 1 heteroatoms. The predicted molar refractivity (Wildman–Crippen MR) is 42.5 cm³/mol. The number of hydrogen-bond donors (Lipinski definition) is 1. The van der Waals surface area contributed by atoms with E-state index in [2.05, 4.69) is 25.4 Å². The van der Waals surface area contributed by atoms with Gasteiger partial charge < -0.3 is 5.32 Å². The summed E-state index contributed by atoms with van der Waals surface area (Å²) in [6.45, 7) is 10.3. The Morgan fingerprint density at radius 1 is 1.56 bits per heavy atom. The van der Waals surface area contributed by atoms with E-state index in [0.717, 1.165) is 13.0 Å². The molecule has 0 aromatic heterocycles. The molecule has 0 radical (unpaired) electrons. The smallest absolute Gasteiger partial charge is 0.0247 e. The highest BCUT2D eigenvalue weighted by molar-refractivity contribution is 4.86. The van der Waals surface area contributed by atoms with Crippen LogP contribution in [0.3, 0.4) is 0 Å². The maximum atomic E-state index is 3.69. The van der Waals surface area contributed by atoms with E-state index in [4.69, 9.17) is 0 Å². The van der Waals surface area contributed by atoms with Crippen molar-refractivity contribution in [3.8, 4) is 0 Å². The third-order valence-electron chi connectivity index (χ3n) is 1.25. The van der Waals surface area contributed by atoms with Gasteiger partial charge in [0.1, 0.15) is 0 Å². The zero-order chi connectivity index (χ0) is 7.11. The van der Waals surface area contributed by atoms with Gasteiger partial charge in [-0.3, -0.25) is 0 Å². The van der Waals surface area contributed by atoms with Crippen LogP contribution in [0.5, 0.6) is 0 Å². The van der Waals surface area contributed by atoms with Crippen LogP contribution in [0.2, 0.25) is 0 Å². The van der Waals surface area contributed by atoms with Crippen LogP contribution in [0, 0.1) is 0 Å². The standard InChI is InChI=1S/C8H15N/c1-4-7-9-8(5-2)6-3/h4-5,8-9H,1-2,6-7H2,3H3/t8-/m1/s1. The minimum atomic E-state index is 0.447. The molecule has 1 nitrogen and oxygen atoms in total. The molecule has 0 amide bonds. The zero-order valence-electron chi connectivity index (χ0n) is 6.06. The summed E-state index contributed by atoms with van der Waals surface area (Å²) in [6.07, 6.45) is 4.87. The van der Waals surface area contributed by atoms with Crippen LogP contribution in [0.1, 0.15) is 13.3 Å². The number of hydrogen-bond acceptors (Lipinski definition) is 1. The molecule has 0 fully saturated rings. The molecular weight excluding hydrogens is 110 g/mol. The fourth-order valence-electron chi connectivity index (χ4n) is 0.629. The highest BCUT2D eigenvalue weighted by Crippen LogP contribution is 1.89. The average molecular weight is 125 g/mol. The Morgan fingerprint density at radius 3 is 2.56 bits per heavy atom. The molecule has 0 bridgehead atoms. The molecule has 0 spiro atoms. The second-order valence-electron chi connectivity index (χ2n) is 1.95. The van der Waals surface area contributed by atoms with E-state index < -0.39 is 0 Å². The zero-order valence-corrected chi connectivity index (χ0v) is 6.06. The van der Waals surface area contributed by atoms with Crippen LogP contribution in [-0.2, 0) is 0 Å². The SMILES string of the molecule is C=CCN[C@H](C=C)CC. The Hall–Kier alpha value is -0.560. The molecule has 0 saturated heterocycles. The van der Waals surface area contributed by atoms with Crippen LogP contribution in [0.4, 0.5) is 0 Å². The third-order valence-corrected chi connectivity index (χ3v) is 1.25. The summed E-state index contributed by atoms with van der Waals surface area (Å²) in [5, 5.41) is 3.23. The summed E-state index contributed by atoms with van der Waals surface area (Å²) in [6, 6.07) is 0.447. The van der Waals surface area contributed by atoms with Crippen LogP contribution in [0.15, 0.2) is 25.3 Å². The molecule has 0 aromatic rings. The fraction of sp³-hybridized carbons (Fsp3) is 0.500. The predicted octanol–water partition coefficient (Wildman–Crippen LogP) is 1.73. The van der Waals surface area contributed by atoms with E-state index >= 15 is 0 Å². The first-order valence-corrected chi connectivity index (χ1v) is 3.32. The van der Waals surface area contributed by atoms with Gasteiger partial charge in [0.05, 0.1) is 0 Å². The second kappa shape index (κ2) is 5.57. The number of rotatable bonds is 5. The van der Waals surface area contributed by atoms with Crippen molar-refractivity contribution in [2.75, 3.05) is 6.54 Å². The van der Waals surface area contributed by atoms with Crippen molar-refractivity contribution in [3.05, 3.63) is 25.3 Å². The summed E-state index contributed by atoms with van der Waals surface area (Å²) in [5.41, 5.74) is 0. The van der Waals surface area contributed by atoms with E-state index in [-0.39, 0.29) is 0 Å². The lowest BCUT2D eigenvalue weighted by molar-refractivity contribution is 0.618. The van der Waals surface area contributed by atoms with Gasteiger partial charge in [-0.05, 0) is 6.42 Å². The normalized spacial score (nSPS) is 12.6. The van der Waals surface area contributed by atoms with Crippen LogP contribution < -0.4 is 5.32 Å². The fourth-order valence-corrected chi connectivity index (χ4v) is 0.629. The van der Waals surface area contributed by atoms with E-state index in [0.29, 0.717) is 6.04 Å². The Morgan fingerprint density at radius 2 is 2.22 bits per heavy atom. The molecule has 52 valence electrons. The molecule has 1 atom stereocenters. The molecule has 0 aromatic carbocycles. The molecular formula is C8H15N. The van der Waals surface area contributed by atoms with Crippen LogP contribution in [0.25, 0.3) is 0 Å². The second-order valence-corrected chi connectivity index (χ2v) is 1.95. The van der Waals surface area contributed by atoms with Crippen molar-refractivity contribution in [1.82, 2.24) is 5.32 Å². The van der Waals surface area contributed by atoms with Crippen molar-refractivity contribution >= 4 is 0 Å². The van der Waals surface area contributed by atoms with Gasteiger partial charge in [0.15, 0.2) is 0 Å². The summed E-state index contributed by atoms with van der Waals surface area (Å²) in [7, 11) is 0. The molecule has 9 heavy (non-hydrogen) atoms. The van der Waals surface area contributed by atoms with E-state index in [1.807, 2.05) is 12.2 Å². The first-order valence-electron chi connectivity index (χ1n) is 3.32. The van der Waals surface area contributed by atoms with Crippen molar-refractivity contribution in [2.45, 2.75) is 19.4 Å². The van der Waals surface area contributed by atoms with Crippen LogP contribution in [-0.4, -0.2) is 12.6 Å². The van der Waals surface area contributed by atoms with Crippen molar-refractivity contribution in [1.29, 1.82) is 0 Å². The minimum absolute atomic E-state index is 0.447. The molecule has 0 heterocycles. The maximum Gasteiger partial charge on any atom is 0.0247 e. The van der Waals surface area contributed by atoms with Gasteiger partial charge >= 0.3 is 0 Å². The lowest BCUT2D eigenvalue weighted by Gasteiger charge is -2.08. The molecule has 0 aliphatic rings. The van der Waals surface area contributed by atoms with E-state index in [1.54, 1.807) is 0 Å². The molecule has 0 aliphatic carbocycles. The lowest BCUT2D eigenvalue weighted by Crippen LogP contribution is -2.25. The lowest BCUT2D eigenvalue weighted by atomic mass is 10.2. The van der Waals surface area contributed by atoms with Crippen molar-refractivity contribution in [3.63, 3.8) is 0 Å². The first-order chi connectivity index (χ1) is 4.35. The van der Waals surface area contributed by atoms with Crippen molar-refractivity contribution in [2.24, 2.45) is 0 Å². The summed E-state index contributed by atoms with van der Waals surface area (Å²) in [4.78, 5) is 0. The summed E-state index contributed by atoms with van der Waals surface area (Å²) >= 11 is 0. The quantitative estimate of drug-likeness (QED) is 0.552. The van der Waals surface area contributed by atoms with Crippen LogP contribution >= 0.6 is 0 Å². The summed E-state index contributed by atoms with van der Waals surface area (Å²) in [5.74, 6) is 0. The molecule has 0 rings (SSSR count). The van der Waals surface area contributed by atoms with Gasteiger partial charge in [0.25, 0.3) is 0 Å². The Balaban J connectivity index is 3.30. The van der Waals surface area contributed by atoms with Crippen molar-refractivity contribution < 1.29 is 0 Å². The number of nitrogens with one attached hydrogen (secondary N) is 1. The molecule has 1 N–H and O–H groups in total. The van der Waals surface area contributed by atoms with Gasteiger partial charge in [-0.2, -0.15) is 0 Å². The molecule has 0 unspecified atom stereocenters. The largest absolute Gasteiger partial charge is 0.307 e. The highest BCUT2D eigenvalue weighted by Gasteiger charge is 1.94. The topological polar surface area (TPSA) is 12.0 Å². The van der Waals surface area contributed by atoms with Gasteiger partial charge in [0.2, 0.25) is 0 Å². The monoisotopic (exact) mass is 125 g/mol. The van der Waals surface area contributed by atoms with Gasteiger partial charge in [-0.25, -0.2) is 0 Å².